The fourth-order valence-electron chi connectivity index (χ4n) is 3.24. The van der Waals surface area contributed by atoms with Gasteiger partial charge in [0.2, 0.25) is 0 Å². The lowest BCUT2D eigenvalue weighted by molar-refractivity contribution is 0.796. The third-order valence-electron chi connectivity index (χ3n) is 4.37. The van der Waals surface area contributed by atoms with Crippen LogP contribution < -0.4 is 0 Å². The number of aryl methyl sites for hydroxylation is 1. The zero-order chi connectivity index (χ0) is 14.8. The third kappa shape index (κ3) is 2.72. The molecule has 108 valence electrons. The van der Waals surface area contributed by atoms with Gasteiger partial charge in [0.25, 0.3) is 0 Å². The maximum absolute atomic E-state index is 3.81. The highest BCUT2D eigenvalue weighted by atomic mass is 79.9. The van der Waals surface area contributed by atoms with Gasteiger partial charge in [0, 0.05) is 4.47 Å². The predicted octanol–water partition coefficient (Wildman–Crippen LogP) is 6.34. The number of hydrogen-bond donors (Lipinski definition) is 0. The molecule has 0 aromatic heterocycles. The average Bonchev–Trinajstić information content (AvgIpc) is 2.94. The molecule has 0 saturated heterocycles. The first-order valence-corrected chi connectivity index (χ1v) is 8.58. The average molecular weight is 341 g/mol. The number of allylic oxidation sites excluding steroid dienone is 1. The Kier molecular flexibility index (Phi) is 4.30. The van der Waals surface area contributed by atoms with Gasteiger partial charge in [-0.25, -0.2) is 0 Å². The molecule has 0 bridgehead atoms. The summed E-state index contributed by atoms with van der Waals surface area (Å²) in [6, 6.07) is 11.2. The predicted molar refractivity (Wildman–Crippen MR) is 95.7 cm³/mol. The van der Waals surface area contributed by atoms with Crippen LogP contribution in [0, 0.1) is 6.92 Å². The third-order valence-corrected chi connectivity index (χ3v) is 5.00. The molecule has 0 N–H and O–H groups in total. The Morgan fingerprint density at radius 3 is 2.81 bits per heavy atom. The van der Waals surface area contributed by atoms with E-state index >= 15 is 0 Å². The van der Waals surface area contributed by atoms with Crippen molar-refractivity contribution in [2.75, 3.05) is 0 Å². The Morgan fingerprint density at radius 2 is 2.00 bits per heavy atom. The molecule has 0 nitrogen and oxygen atoms in total. The maximum Gasteiger partial charge on any atom is 0.0259 e. The molecule has 0 heterocycles. The van der Waals surface area contributed by atoms with Crippen LogP contribution in [0.4, 0.5) is 0 Å². The first-order valence-electron chi connectivity index (χ1n) is 7.79. The van der Waals surface area contributed by atoms with E-state index in [1.165, 1.54) is 50.7 Å². The Morgan fingerprint density at radius 1 is 1.19 bits per heavy atom. The fraction of sp³-hybridized carbons (Fsp3) is 0.300. The van der Waals surface area contributed by atoms with Crippen LogP contribution in [0.3, 0.4) is 0 Å². The molecule has 0 spiro atoms. The topological polar surface area (TPSA) is 0 Å². The number of fused-ring (bicyclic) bond motifs is 1. The molecule has 0 saturated carbocycles. The van der Waals surface area contributed by atoms with E-state index in [2.05, 4.69) is 72.3 Å². The van der Waals surface area contributed by atoms with Gasteiger partial charge in [0.1, 0.15) is 0 Å². The molecular weight excluding hydrogens is 320 g/mol. The van der Waals surface area contributed by atoms with Crippen molar-refractivity contribution in [1.29, 1.82) is 0 Å². The van der Waals surface area contributed by atoms with Crippen molar-refractivity contribution in [2.45, 2.75) is 39.5 Å². The van der Waals surface area contributed by atoms with E-state index in [4.69, 9.17) is 0 Å². The van der Waals surface area contributed by atoms with E-state index in [0.29, 0.717) is 0 Å². The van der Waals surface area contributed by atoms with Crippen LogP contribution in [-0.4, -0.2) is 0 Å². The lowest BCUT2D eigenvalue weighted by Gasteiger charge is -2.17. The number of hydrogen-bond acceptors (Lipinski definition) is 0. The maximum atomic E-state index is 3.81. The molecule has 0 fully saturated rings. The quantitative estimate of drug-likeness (QED) is 0.609. The molecular formula is C20H21Br. The van der Waals surface area contributed by atoms with Crippen molar-refractivity contribution in [3.05, 3.63) is 63.1 Å². The van der Waals surface area contributed by atoms with Crippen LogP contribution in [0.15, 0.2) is 40.9 Å². The highest BCUT2D eigenvalue weighted by molar-refractivity contribution is 9.10. The highest BCUT2D eigenvalue weighted by Crippen LogP contribution is 2.39. The van der Waals surface area contributed by atoms with Crippen molar-refractivity contribution < 1.29 is 0 Å². The largest absolute Gasteiger partial charge is 0.0795 e. The van der Waals surface area contributed by atoms with Crippen molar-refractivity contribution in [1.82, 2.24) is 0 Å². The zero-order valence-electron chi connectivity index (χ0n) is 12.7. The molecule has 1 aliphatic rings. The SMILES string of the molecule is CCCCc1ccccc1-c1c(Br)cc2c(c1C)C=CC2. The molecule has 0 amide bonds. The number of halogens is 1. The van der Waals surface area contributed by atoms with E-state index in [9.17, 15) is 0 Å². The Balaban J connectivity index is 2.15. The fourth-order valence-corrected chi connectivity index (χ4v) is 4.03. The standard InChI is InChI=1S/C20H21Br/c1-3-4-8-15-9-5-6-11-18(15)20-14(2)17-12-7-10-16(17)13-19(20)21/h5-7,9,11-13H,3-4,8,10H2,1-2H3. The van der Waals surface area contributed by atoms with Gasteiger partial charge < -0.3 is 0 Å². The molecule has 0 unspecified atom stereocenters. The summed E-state index contributed by atoms with van der Waals surface area (Å²) in [6.45, 7) is 4.51. The molecule has 0 radical (unpaired) electrons. The lowest BCUT2D eigenvalue weighted by atomic mass is 9.90. The smallest absolute Gasteiger partial charge is 0.0259 e. The van der Waals surface area contributed by atoms with E-state index < -0.39 is 0 Å². The van der Waals surface area contributed by atoms with Crippen molar-refractivity contribution in [3.8, 4) is 11.1 Å². The Labute approximate surface area is 136 Å². The van der Waals surface area contributed by atoms with E-state index in [1.54, 1.807) is 0 Å². The minimum atomic E-state index is 1.06. The van der Waals surface area contributed by atoms with Gasteiger partial charge in [-0.15, -0.1) is 0 Å². The van der Waals surface area contributed by atoms with Gasteiger partial charge in [-0.05, 0) is 65.6 Å². The van der Waals surface area contributed by atoms with Gasteiger partial charge in [-0.1, -0.05) is 65.7 Å². The second-order valence-electron chi connectivity index (χ2n) is 5.80. The molecule has 3 rings (SSSR count). The monoisotopic (exact) mass is 340 g/mol. The van der Waals surface area contributed by atoms with Crippen LogP contribution in [0.2, 0.25) is 0 Å². The molecule has 0 aliphatic heterocycles. The normalized spacial score (nSPS) is 12.7. The van der Waals surface area contributed by atoms with Crippen molar-refractivity contribution >= 4 is 22.0 Å². The Hall–Kier alpha value is -1.34. The second-order valence-corrected chi connectivity index (χ2v) is 6.65. The summed E-state index contributed by atoms with van der Waals surface area (Å²) in [5.74, 6) is 0. The van der Waals surface area contributed by atoms with E-state index in [-0.39, 0.29) is 0 Å². The summed E-state index contributed by atoms with van der Waals surface area (Å²) < 4.78 is 1.23. The second kappa shape index (κ2) is 6.19. The minimum Gasteiger partial charge on any atom is -0.0795 e. The van der Waals surface area contributed by atoms with Crippen LogP contribution >= 0.6 is 15.9 Å². The molecule has 2 aromatic rings. The first-order chi connectivity index (χ1) is 10.2. The summed E-state index contributed by atoms with van der Waals surface area (Å²) in [4.78, 5) is 0. The minimum absolute atomic E-state index is 1.06. The van der Waals surface area contributed by atoms with Crippen LogP contribution in [-0.2, 0) is 12.8 Å². The highest BCUT2D eigenvalue weighted by Gasteiger charge is 2.17. The molecule has 2 aromatic carbocycles. The molecule has 1 aliphatic carbocycles. The summed E-state index contributed by atoms with van der Waals surface area (Å²) >= 11 is 3.81. The number of rotatable bonds is 4. The van der Waals surface area contributed by atoms with E-state index in [0.717, 1.165) is 12.8 Å². The van der Waals surface area contributed by atoms with Gasteiger partial charge >= 0.3 is 0 Å². The number of benzene rings is 2. The van der Waals surface area contributed by atoms with Gasteiger partial charge in [0.15, 0.2) is 0 Å². The summed E-state index contributed by atoms with van der Waals surface area (Å²) in [6.07, 6.45) is 9.24. The van der Waals surface area contributed by atoms with Crippen LogP contribution in [0.1, 0.15) is 42.0 Å². The van der Waals surface area contributed by atoms with Gasteiger partial charge in [-0.2, -0.15) is 0 Å². The van der Waals surface area contributed by atoms with Crippen LogP contribution in [0.25, 0.3) is 17.2 Å². The van der Waals surface area contributed by atoms with Crippen molar-refractivity contribution in [3.63, 3.8) is 0 Å². The van der Waals surface area contributed by atoms with Crippen molar-refractivity contribution in [2.24, 2.45) is 0 Å². The summed E-state index contributed by atoms with van der Waals surface area (Å²) in [5.41, 5.74) is 8.47. The van der Waals surface area contributed by atoms with Gasteiger partial charge in [0.05, 0.1) is 0 Å². The number of unbranched alkanes of at least 4 members (excludes halogenated alkanes) is 1. The van der Waals surface area contributed by atoms with Gasteiger partial charge in [-0.3, -0.25) is 0 Å². The summed E-state index contributed by atoms with van der Waals surface area (Å²) in [5, 5.41) is 0. The molecule has 1 heteroatoms. The molecule has 0 atom stereocenters. The summed E-state index contributed by atoms with van der Waals surface area (Å²) in [7, 11) is 0. The van der Waals surface area contributed by atoms with Crippen LogP contribution in [0.5, 0.6) is 0 Å². The Bertz CT molecular complexity index is 695. The molecule has 21 heavy (non-hydrogen) atoms. The zero-order valence-corrected chi connectivity index (χ0v) is 14.3. The van der Waals surface area contributed by atoms with E-state index in [1.807, 2.05) is 0 Å². The lowest BCUT2D eigenvalue weighted by Crippen LogP contribution is -1.96. The first kappa shape index (κ1) is 14.6.